The van der Waals surface area contributed by atoms with Crippen LogP contribution < -0.4 is 21.9 Å². The fraction of sp³-hybridized carbons (Fsp3) is 0.421. The number of nitrogens with two attached hydrogens (primary N) is 1. The number of hydrogen-bond donors (Lipinski definition) is 2. The van der Waals surface area contributed by atoms with Crippen LogP contribution in [0, 0.1) is 0 Å². The number of aromatic amines is 1. The number of hydrogen-bond acceptors (Lipinski definition) is 4. The van der Waals surface area contributed by atoms with Gasteiger partial charge in [-0.2, -0.15) is 13.2 Å². The Hall–Kier alpha value is -3.04. The number of carbonyl (C=O) groups excluding carboxylic acids is 1. The first-order valence-electron chi connectivity index (χ1n) is 9.24. The van der Waals surface area contributed by atoms with E-state index in [1.807, 2.05) is 6.92 Å². The van der Waals surface area contributed by atoms with Gasteiger partial charge in [-0.15, -0.1) is 0 Å². The van der Waals surface area contributed by atoms with Crippen molar-refractivity contribution in [1.29, 1.82) is 0 Å². The number of aromatic nitrogens is 2. The molecule has 0 saturated heterocycles. The second-order valence-electron chi connectivity index (χ2n) is 6.50. The van der Waals surface area contributed by atoms with E-state index in [9.17, 15) is 27.6 Å². The Morgan fingerprint density at radius 2 is 1.83 bits per heavy atom. The number of nitrogens with zero attached hydrogens (tertiary/aromatic N) is 2. The van der Waals surface area contributed by atoms with Gasteiger partial charge >= 0.3 is 11.9 Å². The number of nitrogen functional groups attached to an aromatic ring is 1. The van der Waals surface area contributed by atoms with Gasteiger partial charge in [-0.1, -0.05) is 32.4 Å². The summed E-state index contributed by atoms with van der Waals surface area (Å²) >= 11 is 0. The zero-order chi connectivity index (χ0) is 21.8. The molecule has 158 valence electrons. The van der Waals surface area contributed by atoms with Gasteiger partial charge in [0.2, 0.25) is 0 Å². The Balaban J connectivity index is 2.69. The smallest absolute Gasteiger partial charge is 0.383 e. The quantitative estimate of drug-likeness (QED) is 0.730. The lowest BCUT2D eigenvalue weighted by molar-refractivity contribution is -0.137. The maximum atomic E-state index is 13.4. The van der Waals surface area contributed by atoms with Crippen molar-refractivity contribution in [2.75, 3.05) is 17.2 Å². The predicted octanol–water partition coefficient (Wildman–Crippen LogP) is 2.99. The standard InChI is InChI=1S/C19H23F3N4O3/c1-3-5-11-25(14-15(23)26(10-4-2)18(29)24-16(14)27)17(28)12-8-6-7-9-13(12)19(20,21)22/h6-9H,3-5,10-11,23H2,1-2H3,(H,24,27,29). The monoisotopic (exact) mass is 412 g/mol. The average Bonchev–Trinajstić information content (AvgIpc) is 2.66. The maximum Gasteiger partial charge on any atom is 0.417 e. The van der Waals surface area contributed by atoms with Crippen LogP contribution in [0.4, 0.5) is 24.7 Å². The first-order chi connectivity index (χ1) is 13.6. The van der Waals surface area contributed by atoms with Gasteiger partial charge in [0.25, 0.3) is 11.5 Å². The number of H-pyrrole nitrogens is 1. The molecule has 3 N–H and O–H groups in total. The zero-order valence-electron chi connectivity index (χ0n) is 16.2. The van der Waals surface area contributed by atoms with E-state index < -0.39 is 34.5 Å². The van der Waals surface area contributed by atoms with Crippen molar-refractivity contribution < 1.29 is 18.0 Å². The molecule has 1 aromatic carbocycles. The van der Waals surface area contributed by atoms with Gasteiger partial charge in [0, 0.05) is 13.1 Å². The summed E-state index contributed by atoms with van der Waals surface area (Å²) in [4.78, 5) is 40.6. The number of carbonyl (C=O) groups is 1. The van der Waals surface area contributed by atoms with Crippen LogP contribution in [0.1, 0.15) is 49.0 Å². The molecule has 0 bridgehead atoms. The van der Waals surface area contributed by atoms with Crippen molar-refractivity contribution in [2.24, 2.45) is 0 Å². The van der Waals surface area contributed by atoms with E-state index in [2.05, 4.69) is 4.98 Å². The summed E-state index contributed by atoms with van der Waals surface area (Å²) in [5.41, 5.74) is 2.32. The second kappa shape index (κ2) is 8.97. The summed E-state index contributed by atoms with van der Waals surface area (Å²) in [5.74, 6) is -1.26. The minimum Gasteiger partial charge on any atom is -0.383 e. The number of anilines is 2. The van der Waals surface area contributed by atoms with Crippen molar-refractivity contribution in [3.63, 3.8) is 0 Å². The maximum absolute atomic E-state index is 13.4. The van der Waals surface area contributed by atoms with Gasteiger partial charge in [-0.3, -0.25) is 19.1 Å². The third kappa shape index (κ3) is 4.69. The van der Waals surface area contributed by atoms with Crippen LogP contribution in [-0.2, 0) is 12.7 Å². The molecule has 1 heterocycles. The van der Waals surface area contributed by atoms with Crippen LogP contribution in [0.2, 0.25) is 0 Å². The second-order valence-corrected chi connectivity index (χ2v) is 6.50. The molecule has 2 aromatic rings. The Morgan fingerprint density at radius 3 is 2.41 bits per heavy atom. The Morgan fingerprint density at radius 1 is 1.17 bits per heavy atom. The van der Waals surface area contributed by atoms with Crippen molar-refractivity contribution in [1.82, 2.24) is 9.55 Å². The molecule has 0 saturated carbocycles. The number of amides is 1. The van der Waals surface area contributed by atoms with Crippen molar-refractivity contribution in [2.45, 2.75) is 45.8 Å². The molecule has 0 radical (unpaired) electrons. The highest BCUT2D eigenvalue weighted by Gasteiger charge is 2.37. The molecule has 2 rings (SSSR count). The number of rotatable bonds is 7. The molecule has 0 unspecified atom stereocenters. The third-order valence-electron chi connectivity index (χ3n) is 4.37. The number of benzene rings is 1. The highest BCUT2D eigenvalue weighted by Crippen LogP contribution is 2.33. The average molecular weight is 412 g/mol. The van der Waals surface area contributed by atoms with Crippen LogP contribution in [0.3, 0.4) is 0 Å². The summed E-state index contributed by atoms with van der Waals surface area (Å²) in [7, 11) is 0. The minimum atomic E-state index is -4.75. The van der Waals surface area contributed by atoms with E-state index in [1.54, 1.807) is 6.92 Å². The first kappa shape index (κ1) is 22.3. The van der Waals surface area contributed by atoms with Gasteiger partial charge in [0.15, 0.2) is 5.69 Å². The van der Waals surface area contributed by atoms with Crippen LogP contribution in [-0.4, -0.2) is 22.0 Å². The van der Waals surface area contributed by atoms with E-state index in [0.717, 1.165) is 21.6 Å². The molecule has 0 atom stereocenters. The molecule has 10 heteroatoms. The Bertz CT molecular complexity index is 995. The van der Waals surface area contributed by atoms with Crippen LogP contribution in [0.25, 0.3) is 0 Å². The van der Waals surface area contributed by atoms with E-state index in [0.29, 0.717) is 19.3 Å². The molecule has 7 nitrogen and oxygen atoms in total. The third-order valence-corrected chi connectivity index (χ3v) is 4.37. The SMILES string of the molecule is CCCCN(C(=O)c1ccccc1C(F)(F)F)c1c(N)n(CCC)c(=O)[nH]c1=O. The molecule has 0 fully saturated rings. The lowest BCUT2D eigenvalue weighted by Gasteiger charge is -2.25. The molecule has 0 aliphatic carbocycles. The predicted molar refractivity (Wildman–Crippen MR) is 104 cm³/mol. The van der Waals surface area contributed by atoms with E-state index in [-0.39, 0.29) is 24.6 Å². The molecule has 1 aromatic heterocycles. The van der Waals surface area contributed by atoms with Crippen LogP contribution >= 0.6 is 0 Å². The molecule has 1 amide bonds. The Kier molecular flexibility index (Phi) is 6.89. The fourth-order valence-electron chi connectivity index (χ4n) is 2.98. The van der Waals surface area contributed by atoms with Gasteiger partial charge in [-0.05, 0) is 25.0 Å². The summed E-state index contributed by atoms with van der Waals surface area (Å²) in [5, 5.41) is 0. The summed E-state index contributed by atoms with van der Waals surface area (Å²) < 4.78 is 41.3. The minimum absolute atomic E-state index is 0.0286. The first-order valence-corrected chi connectivity index (χ1v) is 9.24. The molecule has 0 aliphatic heterocycles. The van der Waals surface area contributed by atoms with E-state index >= 15 is 0 Å². The number of halogens is 3. The van der Waals surface area contributed by atoms with Crippen molar-refractivity contribution in [3.05, 3.63) is 56.2 Å². The normalized spacial score (nSPS) is 11.5. The highest BCUT2D eigenvalue weighted by atomic mass is 19.4. The van der Waals surface area contributed by atoms with Crippen molar-refractivity contribution in [3.8, 4) is 0 Å². The van der Waals surface area contributed by atoms with Gasteiger partial charge in [0.05, 0.1) is 11.1 Å². The molecular weight excluding hydrogens is 389 g/mol. The number of nitrogens with one attached hydrogen (secondary N) is 1. The lowest BCUT2D eigenvalue weighted by Crippen LogP contribution is -2.42. The number of unbranched alkanes of at least 4 members (excludes halogenated alkanes) is 1. The molecule has 0 aliphatic rings. The topological polar surface area (TPSA) is 101 Å². The zero-order valence-corrected chi connectivity index (χ0v) is 16.2. The van der Waals surface area contributed by atoms with Crippen LogP contribution in [0.5, 0.6) is 0 Å². The Labute approximate surface area is 165 Å². The van der Waals surface area contributed by atoms with Gasteiger partial charge in [0.1, 0.15) is 5.82 Å². The largest absolute Gasteiger partial charge is 0.417 e. The molecule has 29 heavy (non-hydrogen) atoms. The molecule has 0 spiro atoms. The van der Waals surface area contributed by atoms with Crippen LogP contribution in [0.15, 0.2) is 33.9 Å². The fourth-order valence-corrected chi connectivity index (χ4v) is 2.98. The van der Waals surface area contributed by atoms with Gasteiger partial charge in [-0.25, -0.2) is 4.79 Å². The molecular formula is C19H23F3N4O3. The summed E-state index contributed by atoms with van der Waals surface area (Å²) in [6, 6.07) is 4.35. The lowest BCUT2D eigenvalue weighted by atomic mass is 10.1. The van der Waals surface area contributed by atoms with Gasteiger partial charge < -0.3 is 10.6 Å². The van der Waals surface area contributed by atoms with E-state index in [1.165, 1.54) is 12.1 Å². The highest BCUT2D eigenvalue weighted by molar-refractivity contribution is 6.08. The van der Waals surface area contributed by atoms with E-state index in [4.69, 9.17) is 5.73 Å². The summed E-state index contributed by atoms with van der Waals surface area (Å²) in [6.45, 7) is 3.77. The summed E-state index contributed by atoms with van der Waals surface area (Å²) in [6.07, 6.45) is -3.18. The van der Waals surface area contributed by atoms with Crippen molar-refractivity contribution >= 4 is 17.4 Å². The number of alkyl halides is 3.